The molecule has 0 aliphatic heterocycles. The Morgan fingerprint density at radius 3 is 2.45 bits per heavy atom. The Kier molecular flexibility index (Phi) is 5.18. The molecular formula is C13H18ClNO4S. The molecule has 0 spiro atoms. The third-order valence-corrected chi connectivity index (χ3v) is 5.74. The van der Waals surface area contributed by atoms with Gasteiger partial charge in [-0.15, -0.1) is 0 Å². The van der Waals surface area contributed by atoms with Gasteiger partial charge in [0.05, 0.1) is 10.5 Å². The molecule has 0 amide bonds. The largest absolute Gasteiger partial charge is 0.478 e. The zero-order chi connectivity index (χ0) is 15.7. The van der Waals surface area contributed by atoms with E-state index in [0.717, 1.165) is 0 Å². The van der Waals surface area contributed by atoms with Gasteiger partial charge in [0.25, 0.3) is 0 Å². The molecule has 0 fully saturated rings. The van der Waals surface area contributed by atoms with Crippen molar-refractivity contribution in [2.45, 2.75) is 38.1 Å². The van der Waals surface area contributed by atoms with Crippen LogP contribution in [0.5, 0.6) is 0 Å². The van der Waals surface area contributed by atoms with E-state index in [1.165, 1.54) is 30.4 Å². The van der Waals surface area contributed by atoms with Crippen LogP contribution in [0.25, 0.3) is 0 Å². The molecule has 20 heavy (non-hydrogen) atoms. The molecule has 0 aromatic heterocycles. The molecule has 0 saturated carbocycles. The fourth-order valence-corrected chi connectivity index (χ4v) is 3.78. The highest BCUT2D eigenvalue weighted by Crippen LogP contribution is 2.27. The summed E-state index contributed by atoms with van der Waals surface area (Å²) in [4.78, 5) is 11.1. The van der Waals surface area contributed by atoms with Gasteiger partial charge >= 0.3 is 5.97 Å². The van der Waals surface area contributed by atoms with Gasteiger partial charge in [-0.05, 0) is 38.0 Å². The van der Waals surface area contributed by atoms with Crippen molar-refractivity contribution in [3.05, 3.63) is 28.3 Å². The van der Waals surface area contributed by atoms with Crippen molar-refractivity contribution in [3.63, 3.8) is 0 Å². The lowest BCUT2D eigenvalue weighted by Crippen LogP contribution is -2.35. The molecule has 0 saturated heterocycles. The van der Waals surface area contributed by atoms with Crippen molar-refractivity contribution in [2.24, 2.45) is 0 Å². The van der Waals surface area contributed by atoms with E-state index in [1.54, 1.807) is 6.92 Å². The summed E-state index contributed by atoms with van der Waals surface area (Å²) in [5.41, 5.74) is 0.0886. The van der Waals surface area contributed by atoms with Gasteiger partial charge in [-0.1, -0.05) is 18.5 Å². The van der Waals surface area contributed by atoms with Crippen LogP contribution in [0.15, 0.2) is 17.0 Å². The number of aromatic carboxylic acids is 1. The van der Waals surface area contributed by atoms with Gasteiger partial charge in [-0.25, -0.2) is 13.2 Å². The van der Waals surface area contributed by atoms with Gasteiger partial charge in [-0.3, -0.25) is 0 Å². The number of carbonyl (C=O) groups is 1. The van der Waals surface area contributed by atoms with E-state index < -0.39 is 16.0 Å². The van der Waals surface area contributed by atoms with Crippen molar-refractivity contribution in [3.8, 4) is 0 Å². The number of benzene rings is 1. The lowest BCUT2D eigenvalue weighted by atomic mass is 10.1. The van der Waals surface area contributed by atoms with E-state index in [4.69, 9.17) is 16.7 Å². The van der Waals surface area contributed by atoms with E-state index in [-0.39, 0.29) is 27.1 Å². The van der Waals surface area contributed by atoms with Crippen molar-refractivity contribution < 1.29 is 18.3 Å². The molecule has 0 aliphatic carbocycles. The van der Waals surface area contributed by atoms with Gasteiger partial charge in [0.2, 0.25) is 10.0 Å². The predicted octanol–water partition coefficient (Wildman–Crippen LogP) is 2.77. The Morgan fingerprint density at radius 2 is 2.00 bits per heavy atom. The molecule has 0 heterocycles. The zero-order valence-corrected chi connectivity index (χ0v) is 13.4. The number of sulfonamides is 1. The third kappa shape index (κ3) is 3.13. The fourth-order valence-electron chi connectivity index (χ4n) is 1.79. The standard InChI is InChI=1S/C13H18ClNO4S/c1-5-8(2)15(4)20(18,19)12-7-10(14)6-11(9(12)3)13(16)17/h6-8H,5H2,1-4H3,(H,16,17). The van der Waals surface area contributed by atoms with Gasteiger partial charge < -0.3 is 5.11 Å². The Labute approximate surface area is 124 Å². The number of carboxylic acids is 1. The molecule has 1 atom stereocenters. The Hall–Kier alpha value is -1.11. The van der Waals surface area contributed by atoms with E-state index in [2.05, 4.69) is 0 Å². The molecule has 1 aromatic carbocycles. The molecule has 0 aliphatic rings. The maximum atomic E-state index is 12.6. The van der Waals surface area contributed by atoms with Crippen LogP contribution in [0.1, 0.15) is 36.2 Å². The van der Waals surface area contributed by atoms with Crippen molar-refractivity contribution >= 4 is 27.6 Å². The monoisotopic (exact) mass is 319 g/mol. The minimum Gasteiger partial charge on any atom is -0.478 e. The number of halogens is 1. The normalized spacial score (nSPS) is 13.5. The lowest BCUT2D eigenvalue weighted by Gasteiger charge is -2.24. The Morgan fingerprint density at radius 1 is 1.45 bits per heavy atom. The van der Waals surface area contributed by atoms with Gasteiger partial charge in [0.1, 0.15) is 0 Å². The van der Waals surface area contributed by atoms with Crippen LogP contribution in [0.2, 0.25) is 5.02 Å². The second-order valence-electron chi connectivity index (χ2n) is 4.66. The molecule has 0 radical (unpaired) electrons. The first-order valence-electron chi connectivity index (χ1n) is 6.14. The van der Waals surface area contributed by atoms with Crippen molar-refractivity contribution in [1.29, 1.82) is 0 Å². The Bertz CT molecular complexity index is 628. The summed E-state index contributed by atoms with van der Waals surface area (Å²) in [6.45, 7) is 5.14. The van der Waals surface area contributed by atoms with Gasteiger partial charge in [0.15, 0.2) is 0 Å². The van der Waals surface area contributed by atoms with Crippen LogP contribution < -0.4 is 0 Å². The first-order chi connectivity index (χ1) is 9.12. The maximum Gasteiger partial charge on any atom is 0.336 e. The highest BCUT2D eigenvalue weighted by molar-refractivity contribution is 7.89. The molecule has 1 N–H and O–H groups in total. The summed E-state index contributed by atoms with van der Waals surface area (Å²) < 4.78 is 26.3. The van der Waals surface area contributed by atoms with E-state index >= 15 is 0 Å². The molecule has 5 nitrogen and oxygen atoms in total. The SMILES string of the molecule is CCC(C)N(C)S(=O)(=O)c1cc(Cl)cc(C(=O)O)c1C. The van der Waals surface area contributed by atoms with Crippen LogP contribution in [0.4, 0.5) is 0 Å². The molecule has 7 heteroatoms. The van der Waals surface area contributed by atoms with Crippen LogP contribution in [0.3, 0.4) is 0 Å². The van der Waals surface area contributed by atoms with Gasteiger partial charge in [-0.2, -0.15) is 4.31 Å². The smallest absolute Gasteiger partial charge is 0.336 e. The lowest BCUT2D eigenvalue weighted by molar-refractivity contribution is 0.0696. The highest BCUT2D eigenvalue weighted by atomic mass is 35.5. The quantitative estimate of drug-likeness (QED) is 0.905. The molecular weight excluding hydrogens is 302 g/mol. The molecule has 1 unspecified atom stereocenters. The van der Waals surface area contributed by atoms with Crippen molar-refractivity contribution in [2.75, 3.05) is 7.05 Å². The topological polar surface area (TPSA) is 74.7 Å². The molecule has 1 aromatic rings. The first-order valence-corrected chi connectivity index (χ1v) is 7.96. The van der Waals surface area contributed by atoms with E-state index in [9.17, 15) is 13.2 Å². The predicted molar refractivity (Wildman–Crippen MR) is 77.9 cm³/mol. The number of carboxylic acid groups (broad SMARTS) is 1. The van der Waals surface area contributed by atoms with Crippen LogP contribution >= 0.6 is 11.6 Å². The first kappa shape index (κ1) is 16.9. The van der Waals surface area contributed by atoms with E-state index in [1.807, 2.05) is 6.92 Å². The maximum absolute atomic E-state index is 12.6. The minimum absolute atomic E-state index is 0.0646. The van der Waals surface area contributed by atoms with E-state index in [0.29, 0.717) is 6.42 Å². The number of hydrogen-bond donors (Lipinski definition) is 1. The fraction of sp³-hybridized carbons (Fsp3) is 0.462. The molecule has 112 valence electrons. The van der Waals surface area contributed by atoms with Crippen LogP contribution in [-0.2, 0) is 10.0 Å². The second-order valence-corrected chi connectivity index (χ2v) is 7.06. The summed E-state index contributed by atoms with van der Waals surface area (Å²) in [7, 11) is -2.30. The molecule has 0 bridgehead atoms. The number of hydrogen-bond acceptors (Lipinski definition) is 3. The summed E-state index contributed by atoms with van der Waals surface area (Å²) in [5.74, 6) is -1.20. The summed E-state index contributed by atoms with van der Waals surface area (Å²) in [5, 5.41) is 9.19. The highest BCUT2D eigenvalue weighted by Gasteiger charge is 2.28. The summed E-state index contributed by atoms with van der Waals surface area (Å²) in [6.07, 6.45) is 0.654. The molecule has 1 rings (SSSR count). The van der Waals surface area contributed by atoms with Gasteiger partial charge in [0, 0.05) is 18.1 Å². The third-order valence-electron chi connectivity index (χ3n) is 3.42. The average molecular weight is 320 g/mol. The second kappa shape index (κ2) is 6.11. The van der Waals surface area contributed by atoms with Crippen LogP contribution in [0, 0.1) is 6.92 Å². The minimum atomic E-state index is -3.77. The Balaban J connectivity index is 3.50. The van der Waals surface area contributed by atoms with Crippen LogP contribution in [-0.4, -0.2) is 36.9 Å². The summed E-state index contributed by atoms with van der Waals surface area (Å²) in [6, 6.07) is 2.35. The van der Waals surface area contributed by atoms with Crippen molar-refractivity contribution in [1.82, 2.24) is 4.31 Å². The average Bonchev–Trinajstić information content (AvgIpc) is 2.38. The number of rotatable bonds is 5. The number of nitrogens with zero attached hydrogens (tertiary/aromatic N) is 1. The summed E-state index contributed by atoms with van der Waals surface area (Å²) >= 11 is 5.84. The zero-order valence-electron chi connectivity index (χ0n) is 11.8.